The summed E-state index contributed by atoms with van der Waals surface area (Å²) in [6.45, 7) is 5.69. The van der Waals surface area contributed by atoms with E-state index in [2.05, 4.69) is 15.2 Å². The van der Waals surface area contributed by atoms with Crippen LogP contribution in [0.15, 0.2) is 65.9 Å². The Labute approximate surface area is 215 Å². The number of nitrogens with zero attached hydrogens (tertiary/aromatic N) is 4. The normalized spacial score (nSPS) is 15.6. The zero-order valence-corrected chi connectivity index (χ0v) is 21.4. The number of aliphatic hydroxyl groups is 1. The number of rotatable bonds is 7. The van der Waals surface area contributed by atoms with E-state index in [0.29, 0.717) is 38.6 Å². The summed E-state index contributed by atoms with van der Waals surface area (Å²) in [6.07, 6.45) is 0. The summed E-state index contributed by atoms with van der Waals surface area (Å²) in [4.78, 5) is 33.1. The molecule has 1 unspecified atom stereocenters. The molecule has 0 saturated heterocycles. The maximum atomic E-state index is 13.7. The van der Waals surface area contributed by atoms with Crippen molar-refractivity contribution in [2.75, 3.05) is 4.90 Å². The molecule has 182 valence electrons. The van der Waals surface area contributed by atoms with Crippen LogP contribution in [-0.4, -0.2) is 32.0 Å². The molecule has 0 saturated carbocycles. The summed E-state index contributed by atoms with van der Waals surface area (Å²) in [5.74, 6) is -1.17. The maximum absolute atomic E-state index is 13.7. The van der Waals surface area contributed by atoms with E-state index >= 15 is 0 Å². The Morgan fingerprint density at radius 2 is 1.81 bits per heavy atom. The van der Waals surface area contributed by atoms with Gasteiger partial charge in [0.25, 0.3) is 5.91 Å². The highest BCUT2D eigenvalue weighted by atomic mass is 32.1. The number of carbonyl (C=O) groups is 2. The third-order valence-corrected chi connectivity index (χ3v) is 7.62. The quantitative estimate of drug-likeness (QED) is 0.332. The molecule has 8 nitrogen and oxygen atoms in total. The van der Waals surface area contributed by atoms with Gasteiger partial charge >= 0.3 is 0 Å². The van der Waals surface area contributed by atoms with Crippen LogP contribution < -0.4 is 9.64 Å². The van der Waals surface area contributed by atoms with Gasteiger partial charge in [0.2, 0.25) is 10.9 Å². The number of hydrogen-bond acceptors (Lipinski definition) is 9. The van der Waals surface area contributed by atoms with Crippen molar-refractivity contribution in [2.45, 2.75) is 33.4 Å². The van der Waals surface area contributed by atoms with Gasteiger partial charge in [0.05, 0.1) is 27.2 Å². The molecule has 1 aliphatic heterocycles. The number of hydrogen-bond donors (Lipinski definition) is 1. The molecule has 1 aliphatic rings. The third kappa shape index (κ3) is 4.40. The summed E-state index contributed by atoms with van der Waals surface area (Å²) in [5, 5.41) is 20.8. The van der Waals surface area contributed by atoms with Gasteiger partial charge in [0, 0.05) is 0 Å². The van der Waals surface area contributed by atoms with E-state index in [1.165, 1.54) is 27.6 Å². The van der Waals surface area contributed by atoms with Crippen LogP contribution in [0.5, 0.6) is 5.75 Å². The highest BCUT2D eigenvalue weighted by molar-refractivity contribution is 7.15. The van der Waals surface area contributed by atoms with Crippen LogP contribution in [0.25, 0.3) is 0 Å². The van der Waals surface area contributed by atoms with E-state index in [1.54, 1.807) is 32.0 Å². The lowest BCUT2D eigenvalue weighted by molar-refractivity contribution is -0.117. The molecule has 10 heteroatoms. The zero-order chi connectivity index (χ0) is 25.4. The highest BCUT2D eigenvalue weighted by Gasteiger charge is 2.46. The minimum Gasteiger partial charge on any atom is -0.503 e. The number of aliphatic hydroxyl groups excluding tert-OH is 1. The van der Waals surface area contributed by atoms with E-state index in [9.17, 15) is 14.7 Å². The molecule has 0 fully saturated rings. The Morgan fingerprint density at radius 1 is 1.03 bits per heavy atom. The number of aromatic nitrogens is 3. The lowest BCUT2D eigenvalue weighted by Crippen LogP contribution is -2.31. The smallest absolute Gasteiger partial charge is 0.296 e. The first-order valence-electron chi connectivity index (χ1n) is 11.2. The number of ketones is 1. The van der Waals surface area contributed by atoms with Crippen LogP contribution >= 0.6 is 22.7 Å². The molecular weight excluding hydrogens is 496 g/mol. The minimum absolute atomic E-state index is 0.0141. The van der Waals surface area contributed by atoms with Crippen molar-refractivity contribution in [2.24, 2.45) is 0 Å². The largest absolute Gasteiger partial charge is 0.503 e. The number of thiazole rings is 1. The Kier molecular flexibility index (Phi) is 6.38. The number of anilines is 1. The summed E-state index contributed by atoms with van der Waals surface area (Å²) >= 11 is 2.44. The van der Waals surface area contributed by atoms with Crippen LogP contribution in [0.4, 0.5) is 5.13 Å². The number of benzene rings is 2. The first-order chi connectivity index (χ1) is 17.3. The Balaban J connectivity index is 1.57. The van der Waals surface area contributed by atoms with Gasteiger partial charge in [0.1, 0.15) is 17.4 Å². The van der Waals surface area contributed by atoms with Gasteiger partial charge in [-0.3, -0.25) is 14.5 Å². The van der Waals surface area contributed by atoms with Crippen molar-refractivity contribution in [3.8, 4) is 5.75 Å². The first-order valence-corrected chi connectivity index (χ1v) is 12.8. The molecular formula is C26H22N4O4S2. The van der Waals surface area contributed by atoms with Crippen molar-refractivity contribution in [1.82, 2.24) is 15.2 Å². The summed E-state index contributed by atoms with van der Waals surface area (Å²) in [6, 6.07) is 16.0. The molecule has 0 aliphatic carbocycles. The van der Waals surface area contributed by atoms with Crippen LogP contribution in [0, 0.1) is 20.8 Å². The average molecular weight is 519 g/mol. The second-order valence-corrected chi connectivity index (χ2v) is 10.6. The molecule has 0 bridgehead atoms. The Hall–Kier alpha value is -3.89. The molecule has 2 aromatic heterocycles. The van der Waals surface area contributed by atoms with Gasteiger partial charge in [-0.05, 0) is 44.0 Å². The van der Waals surface area contributed by atoms with Crippen LogP contribution in [0.2, 0.25) is 0 Å². The lowest BCUT2D eigenvalue weighted by atomic mass is 9.95. The van der Waals surface area contributed by atoms with E-state index in [4.69, 9.17) is 4.74 Å². The molecule has 0 radical (unpaired) electrons. The number of Topliss-reactive ketones (excluding diaryl/α,β-unsaturated/α-hetero) is 1. The van der Waals surface area contributed by atoms with Gasteiger partial charge in [-0.15, -0.1) is 21.5 Å². The predicted octanol–water partition coefficient (Wildman–Crippen LogP) is 5.28. The van der Waals surface area contributed by atoms with Crippen LogP contribution in [-0.2, 0) is 11.4 Å². The summed E-state index contributed by atoms with van der Waals surface area (Å²) in [7, 11) is 0. The third-order valence-electron chi connectivity index (χ3n) is 5.71. The minimum atomic E-state index is -0.903. The van der Waals surface area contributed by atoms with Gasteiger partial charge in [-0.25, -0.2) is 4.98 Å². The molecule has 1 N–H and O–H groups in total. The van der Waals surface area contributed by atoms with Crippen molar-refractivity contribution >= 4 is 39.5 Å². The van der Waals surface area contributed by atoms with Gasteiger partial charge in [-0.2, -0.15) is 0 Å². The molecule has 36 heavy (non-hydrogen) atoms. The van der Waals surface area contributed by atoms with Gasteiger partial charge < -0.3 is 9.84 Å². The summed E-state index contributed by atoms with van der Waals surface area (Å²) in [5.41, 5.74) is 2.15. The Morgan fingerprint density at radius 3 is 2.47 bits per heavy atom. The number of carbonyl (C=O) groups excluding carboxylic acids is 2. The second-order valence-electron chi connectivity index (χ2n) is 8.27. The highest BCUT2D eigenvalue weighted by Crippen LogP contribution is 2.44. The number of amides is 1. The van der Waals surface area contributed by atoms with E-state index in [1.807, 2.05) is 43.3 Å². The fraction of sp³-hybridized carbons (Fsp3) is 0.192. The SMILES string of the molecule is Cc1nnc(N2C(=O)C(O)=C(C(=O)c3sc(C)nc3C)C2c2cccc(OCc3ccccc3)c2)s1. The fourth-order valence-corrected chi connectivity index (χ4v) is 5.70. The molecule has 2 aromatic carbocycles. The van der Waals surface area contributed by atoms with Crippen molar-refractivity contribution in [1.29, 1.82) is 0 Å². The topological polar surface area (TPSA) is 106 Å². The lowest BCUT2D eigenvalue weighted by Gasteiger charge is -2.24. The zero-order valence-electron chi connectivity index (χ0n) is 19.8. The fourth-order valence-electron chi connectivity index (χ4n) is 4.11. The molecule has 4 aromatic rings. The van der Waals surface area contributed by atoms with Crippen LogP contribution in [0.3, 0.4) is 0 Å². The predicted molar refractivity (Wildman–Crippen MR) is 138 cm³/mol. The molecule has 1 atom stereocenters. The van der Waals surface area contributed by atoms with E-state index in [0.717, 1.165) is 10.6 Å². The van der Waals surface area contributed by atoms with E-state index in [-0.39, 0.29) is 5.57 Å². The number of aryl methyl sites for hydroxylation is 3. The Bertz CT molecular complexity index is 1490. The summed E-state index contributed by atoms with van der Waals surface area (Å²) < 4.78 is 5.99. The molecule has 3 heterocycles. The molecule has 1 amide bonds. The number of ether oxygens (including phenoxy) is 1. The second kappa shape index (κ2) is 9.63. The first kappa shape index (κ1) is 23.8. The van der Waals surface area contributed by atoms with Crippen molar-refractivity contribution in [3.63, 3.8) is 0 Å². The van der Waals surface area contributed by atoms with Crippen molar-refractivity contribution < 1.29 is 19.4 Å². The van der Waals surface area contributed by atoms with Gasteiger partial charge in [-0.1, -0.05) is 53.8 Å². The van der Waals surface area contributed by atoms with Crippen LogP contribution in [0.1, 0.15) is 42.5 Å². The molecule has 0 spiro atoms. The monoisotopic (exact) mass is 518 g/mol. The van der Waals surface area contributed by atoms with E-state index < -0.39 is 23.5 Å². The maximum Gasteiger partial charge on any atom is 0.296 e. The standard InChI is InChI=1S/C26H22N4O4S2/c1-14-24(35-15(2)27-14)22(31)20-21(30(25(33)23(20)32)26-29-28-16(3)36-26)18-10-7-11-19(12-18)34-13-17-8-5-4-6-9-17/h4-12,21,32H,13H2,1-3H3. The molecule has 5 rings (SSSR count). The van der Waals surface area contributed by atoms with Crippen molar-refractivity contribution in [3.05, 3.63) is 97.6 Å². The average Bonchev–Trinajstić information content (AvgIpc) is 3.53. The van der Waals surface area contributed by atoms with Gasteiger partial charge in [0.15, 0.2) is 5.76 Å².